The van der Waals surface area contributed by atoms with Gasteiger partial charge in [0, 0.05) is 32.3 Å². The molecule has 10 aromatic rings. The average Bonchev–Trinajstić information content (AvgIpc) is 0.830. The van der Waals surface area contributed by atoms with Crippen LogP contribution in [0.15, 0.2) is 170 Å². The van der Waals surface area contributed by atoms with Crippen molar-refractivity contribution in [3.63, 3.8) is 0 Å². The molecular weight excluding hydrogens is 1700 g/mol. The number of phenols is 7. The minimum absolute atomic E-state index is 0.0131. The molecule has 0 atom stereocenters. The number of hydrogen-bond donors (Lipinski definition) is 7. The highest BCUT2D eigenvalue weighted by atomic mass is 28.3. The normalized spacial score (nSPS) is 12.0. The molecule has 14 heteroatoms. The SMILES string of the molecule is CC(C)(C)c1cc(CC[Si](C)(C)C)ccc1O.CC(C)(C)c1cc(CC[Si](C)(C)C)ccc1O.CC(C)(C)c1cc(CC[Si](C)(C)C)ccc1O.Cc1c(O)ccc(CC[Si](C)(C)C)c1C.Cc1cc(CC[Si]c2cccc(C)c2C)c(C)cc1O.Cc1cccc([Si]CCc2ccc(O)c(C(C)(C)C)c2)c1C.Cc1cccc([Si]CCc2ccc(O)c(C(C)(C)C)c2)c1C. The molecule has 0 saturated heterocycles. The van der Waals surface area contributed by atoms with Gasteiger partial charge in [-0.05, 0) is 306 Å². The van der Waals surface area contributed by atoms with Crippen molar-refractivity contribution in [1.29, 1.82) is 0 Å². The lowest BCUT2D eigenvalue weighted by molar-refractivity contribution is 0.445. The van der Waals surface area contributed by atoms with Gasteiger partial charge in [-0.15, -0.1) is 0 Å². The first-order chi connectivity index (χ1) is 59.7. The first-order valence-electron chi connectivity index (χ1n) is 47.8. The van der Waals surface area contributed by atoms with Gasteiger partial charge >= 0.3 is 0 Å². The number of rotatable bonds is 24. The lowest BCUT2D eigenvalue weighted by Crippen LogP contribution is -2.20. The lowest BCUT2D eigenvalue weighted by atomic mass is 9.85. The quantitative estimate of drug-likeness (QED) is 0.0299. The van der Waals surface area contributed by atoms with E-state index in [0.29, 0.717) is 40.2 Å². The molecule has 0 aliphatic heterocycles. The predicted octanol–water partition coefficient (Wildman–Crippen LogP) is 29.8. The molecular formula is C116H174O7Si7. The van der Waals surface area contributed by atoms with E-state index in [0.717, 1.165) is 112 Å². The molecule has 7 nitrogen and oxygen atoms in total. The molecule has 6 radical (unpaired) electrons. The topological polar surface area (TPSA) is 142 Å². The molecule has 0 amide bonds. The summed E-state index contributed by atoms with van der Waals surface area (Å²) in [6.45, 7) is 82.3. The number of aromatic hydroxyl groups is 7. The second-order valence-corrected chi connectivity index (χ2v) is 73.2. The Hall–Kier alpha value is -7.68. The number of phenolic OH excluding ortho intramolecular Hbond substituents is 7. The minimum Gasteiger partial charge on any atom is -0.508 e. The number of benzene rings is 10. The largest absolute Gasteiger partial charge is 0.508 e. The van der Waals surface area contributed by atoms with E-state index in [4.69, 9.17) is 0 Å². The lowest BCUT2D eigenvalue weighted by Gasteiger charge is -2.22. The second-order valence-electron chi connectivity index (χ2n) is 46.6. The molecule has 7 N–H and O–H groups in total. The zero-order chi connectivity index (χ0) is 98.8. The third-order valence-corrected chi connectivity index (χ3v) is 35.8. The van der Waals surface area contributed by atoms with Gasteiger partial charge in [-0.3, -0.25) is 0 Å². The van der Waals surface area contributed by atoms with E-state index in [-0.39, 0.29) is 27.1 Å². The zero-order valence-electron chi connectivity index (χ0n) is 88.2. The van der Waals surface area contributed by atoms with Crippen molar-refractivity contribution in [2.24, 2.45) is 0 Å². The third-order valence-electron chi connectivity index (χ3n) is 24.5. The molecule has 0 bridgehead atoms. The summed E-state index contributed by atoms with van der Waals surface area (Å²) in [6, 6.07) is 66.8. The van der Waals surface area contributed by atoms with Gasteiger partial charge in [0.15, 0.2) is 0 Å². The van der Waals surface area contributed by atoms with Gasteiger partial charge in [0.2, 0.25) is 0 Å². The summed E-state index contributed by atoms with van der Waals surface area (Å²) in [7, 11) is -1.35. The van der Waals surface area contributed by atoms with Gasteiger partial charge in [-0.1, -0.05) is 368 Å². The molecule has 0 fully saturated rings. The highest BCUT2D eigenvalue weighted by molar-refractivity contribution is 6.77. The third kappa shape index (κ3) is 41.0. The maximum Gasteiger partial charge on any atom is 0.119 e. The maximum atomic E-state index is 10.0. The van der Waals surface area contributed by atoms with Crippen LogP contribution in [0.4, 0.5) is 0 Å². The van der Waals surface area contributed by atoms with E-state index in [2.05, 4.69) is 365 Å². The smallest absolute Gasteiger partial charge is 0.119 e. The number of aryl methyl sites for hydroxylation is 12. The highest BCUT2D eigenvalue weighted by Crippen LogP contribution is 2.38. The average molecular weight is 1880 g/mol. The van der Waals surface area contributed by atoms with E-state index in [1.54, 1.807) is 0 Å². The molecule has 0 aromatic heterocycles. The van der Waals surface area contributed by atoms with Crippen molar-refractivity contribution in [1.82, 2.24) is 0 Å². The van der Waals surface area contributed by atoms with Crippen molar-refractivity contribution in [3.05, 3.63) is 292 Å². The monoisotopic (exact) mass is 1880 g/mol. The van der Waals surface area contributed by atoms with Gasteiger partial charge in [0.1, 0.15) is 40.2 Å². The Morgan fingerprint density at radius 2 is 0.462 bits per heavy atom. The van der Waals surface area contributed by atoms with E-state index >= 15 is 0 Å². The molecule has 0 saturated carbocycles. The van der Waals surface area contributed by atoms with Crippen LogP contribution in [0.5, 0.6) is 40.2 Å². The fraction of sp³-hybridized carbons (Fsp3) is 0.483. The van der Waals surface area contributed by atoms with Crippen molar-refractivity contribution < 1.29 is 35.7 Å². The van der Waals surface area contributed by atoms with Crippen LogP contribution in [0.1, 0.15) is 226 Å². The zero-order valence-corrected chi connectivity index (χ0v) is 95.2. The van der Waals surface area contributed by atoms with Crippen LogP contribution >= 0.6 is 0 Å². The highest BCUT2D eigenvalue weighted by Gasteiger charge is 2.26. The maximum absolute atomic E-state index is 10.0. The summed E-state index contributed by atoms with van der Waals surface area (Å²) in [5.74, 6) is 2.92. The Kier molecular flexibility index (Phi) is 44.1. The summed E-state index contributed by atoms with van der Waals surface area (Å²) < 4.78 is 0. The molecule has 708 valence electrons. The van der Waals surface area contributed by atoms with Gasteiger partial charge < -0.3 is 35.7 Å². The van der Waals surface area contributed by atoms with Crippen molar-refractivity contribution in [2.75, 3.05) is 0 Å². The Morgan fingerprint density at radius 1 is 0.215 bits per heavy atom. The molecule has 0 aliphatic carbocycles. The number of hydrogen-bond acceptors (Lipinski definition) is 7. The standard InChI is InChI=1S/2C20H26OSi.C18H22OSi.3C15H26OSi.C13H22OSi/c2*1-14-7-6-8-19(15(14)2)22-12-11-16-9-10-18(21)17(13-16)20(3,4)5;1-12-6-5-7-18(15(12)4)20-9-8-16-10-14(3)17(19)11-13(16)2;3*1-15(2,3)13-11-12(7-8-14(13)16)9-10-17(4,5)6;1-10-11(2)13(14)7-6-12(10)8-9-15(3,4)5/h2*6-10,13,21H,11-12H2,1-5H3;5-7,10-11,19H,8-9H2,1-4H3;3*7-8,11,16H,9-10H2,1-6H3;6-7,14H,8-9H2,1-5H3. The first-order valence-corrected chi connectivity index (χ1v) is 66.2. The molecule has 0 aliphatic rings. The van der Waals surface area contributed by atoms with Crippen molar-refractivity contribution in [2.45, 2.75) is 366 Å². The van der Waals surface area contributed by atoms with Crippen LogP contribution in [-0.4, -0.2) is 96.6 Å². The first kappa shape index (κ1) is 115. The minimum atomic E-state index is -0.979. The van der Waals surface area contributed by atoms with E-state index < -0.39 is 32.3 Å². The predicted molar refractivity (Wildman–Crippen MR) is 586 cm³/mol. The van der Waals surface area contributed by atoms with Gasteiger partial charge in [-0.25, -0.2) is 0 Å². The van der Waals surface area contributed by atoms with Crippen molar-refractivity contribution >= 4 is 76.4 Å². The van der Waals surface area contributed by atoms with Crippen LogP contribution in [0.2, 0.25) is 121 Å². The summed E-state index contributed by atoms with van der Waals surface area (Å²) in [6.07, 6.45) is 7.78. The van der Waals surface area contributed by atoms with E-state index in [1.165, 1.54) is 141 Å². The van der Waals surface area contributed by atoms with Crippen LogP contribution < -0.4 is 15.6 Å². The molecule has 0 spiro atoms. The second kappa shape index (κ2) is 50.1. The Morgan fingerprint density at radius 3 is 0.723 bits per heavy atom. The van der Waals surface area contributed by atoms with Crippen LogP contribution in [-0.2, 0) is 72.0 Å². The van der Waals surface area contributed by atoms with E-state index in [9.17, 15) is 35.7 Å². The fourth-order valence-electron chi connectivity index (χ4n) is 14.9. The molecule has 0 heterocycles. The van der Waals surface area contributed by atoms with Crippen molar-refractivity contribution in [3.8, 4) is 40.2 Å². The van der Waals surface area contributed by atoms with Crippen LogP contribution in [0, 0.1) is 69.2 Å². The summed E-state index contributed by atoms with van der Waals surface area (Å²) in [4.78, 5) is 0. The Balaban J connectivity index is 0.000000319. The van der Waals surface area contributed by atoms with Crippen LogP contribution in [0.3, 0.4) is 0 Å². The fourth-order valence-corrected chi connectivity index (χ4v) is 23.1. The molecule has 0 unspecified atom stereocenters. The Labute approximate surface area is 804 Å². The Bertz CT molecular complexity index is 4920. The summed E-state index contributed by atoms with van der Waals surface area (Å²) in [5.41, 5.74) is 27.6. The van der Waals surface area contributed by atoms with Gasteiger partial charge in [0.05, 0.1) is 28.6 Å². The molecule has 10 rings (SSSR count). The molecule has 130 heavy (non-hydrogen) atoms. The van der Waals surface area contributed by atoms with E-state index in [1.807, 2.05) is 56.3 Å². The molecule has 10 aromatic carbocycles. The van der Waals surface area contributed by atoms with Gasteiger partial charge in [0.25, 0.3) is 0 Å². The van der Waals surface area contributed by atoms with Gasteiger partial charge in [-0.2, -0.15) is 0 Å². The summed E-state index contributed by atoms with van der Waals surface area (Å²) in [5, 5.41) is 73.5. The summed E-state index contributed by atoms with van der Waals surface area (Å²) >= 11 is 0. The van der Waals surface area contributed by atoms with Crippen LogP contribution in [0.25, 0.3) is 0 Å².